The molecule has 0 N–H and O–H groups in total. The van der Waals surface area contributed by atoms with Gasteiger partial charge in [0.1, 0.15) is 5.75 Å². The van der Waals surface area contributed by atoms with Gasteiger partial charge in [0.25, 0.3) is 0 Å². The quantitative estimate of drug-likeness (QED) is 0.656. The summed E-state index contributed by atoms with van der Waals surface area (Å²) in [7, 11) is 1.71. The zero-order chi connectivity index (χ0) is 15.8. The third-order valence-corrected chi connectivity index (χ3v) is 3.45. The predicted molar refractivity (Wildman–Crippen MR) is 85.0 cm³/mol. The molecule has 0 saturated carbocycles. The Morgan fingerprint density at radius 1 is 1.33 bits per heavy atom. The molecule has 0 aliphatic rings. The van der Waals surface area contributed by atoms with Crippen molar-refractivity contribution >= 4 is 5.78 Å². The van der Waals surface area contributed by atoms with Gasteiger partial charge in [-0.25, -0.2) is 0 Å². The molecule has 0 atom stereocenters. The third kappa shape index (κ3) is 5.48. The number of methoxy groups -OCH3 is 1. The number of carbonyl (C=O) groups is 1. The number of nitrogens with zero attached hydrogens (tertiary/aromatic N) is 1. The van der Waals surface area contributed by atoms with E-state index in [9.17, 15) is 4.79 Å². The van der Waals surface area contributed by atoms with Crippen LogP contribution in [0.4, 0.5) is 0 Å². The summed E-state index contributed by atoms with van der Waals surface area (Å²) in [5.74, 6) is 0.929. The molecular formula is C17H27NO3. The minimum atomic E-state index is 0.0762. The van der Waals surface area contributed by atoms with Crippen molar-refractivity contribution in [1.29, 1.82) is 0 Å². The van der Waals surface area contributed by atoms with E-state index in [4.69, 9.17) is 9.47 Å². The van der Waals surface area contributed by atoms with Crippen molar-refractivity contribution in [2.24, 2.45) is 0 Å². The Hall–Kier alpha value is -1.39. The molecular weight excluding hydrogens is 266 g/mol. The van der Waals surface area contributed by atoms with Gasteiger partial charge in [-0.2, -0.15) is 0 Å². The van der Waals surface area contributed by atoms with Gasteiger partial charge in [-0.05, 0) is 45.9 Å². The van der Waals surface area contributed by atoms with Crippen molar-refractivity contribution in [3.63, 3.8) is 0 Å². The molecule has 0 amide bonds. The molecule has 0 radical (unpaired) electrons. The highest BCUT2D eigenvalue weighted by atomic mass is 16.5. The molecule has 0 aliphatic heterocycles. The Bertz CT molecular complexity index is 457. The maximum atomic E-state index is 11.6. The van der Waals surface area contributed by atoms with Crippen LogP contribution in [0.1, 0.15) is 43.6 Å². The molecule has 0 unspecified atom stereocenters. The third-order valence-electron chi connectivity index (χ3n) is 3.45. The summed E-state index contributed by atoms with van der Waals surface area (Å²) >= 11 is 0. The number of ketones is 1. The van der Waals surface area contributed by atoms with E-state index in [0.29, 0.717) is 19.3 Å². The van der Waals surface area contributed by atoms with Crippen LogP contribution in [0.25, 0.3) is 0 Å². The largest absolute Gasteiger partial charge is 0.494 e. The number of rotatable bonds is 9. The van der Waals surface area contributed by atoms with Gasteiger partial charge in [-0.3, -0.25) is 9.69 Å². The molecule has 4 nitrogen and oxygen atoms in total. The molecule has 0 heterocycles. The van der Waals surface area contributed by atoms with E-state index in [-0.39, 0.29) is 5.78 Å². The lowest BCUT2D eigenvalue weighted by molar-refractivity contribution is 0.101. The number of benzene rings is 1. The topological polar surface area (TPSA) is 38.8 Å². The highest BCUT2D eigenvalue weighted by Gasteiger charge is 2.14. The smallest absolute Gasteiger partial charge is 0.159 e. The molecule has 118 valence electrons. The van der Waals surface area contributed by atoms with E-state index in [1.54, 1.807) is 14.0 Å². The van der Waals surface area contributed by atoms with Crippen LogP contribution in [0.5, 0.6) is 5.75 Å². The van der Waals surface area contributed by atoms with Gasteiger partial charge in [0.2, 0.25) is 0 Å². The minimum absolute atomic E-state index is 0.0762. The van der Waals surface area contributed by atoms with Crippen molar-refractivity contribution in [1.82, 2.24) is 4.90 Å². The van der Waals surface area contributed by atoms with E-state index < -0.39 is 0 Å². The van der Waals surface area contributed by atoms with E-state index >= 15 is 0 Å². The molecule has 4 heteroatoms. The van der Waals surface area contributed by atoms with Crippen LogP contribution in [-0.4, -0.2) is 43.6 Å². The number of ether oxygens (including phenoxy) is 2. The van der Waals surface area contributed by atoms with Crippen molar-refractivity contribution in [2.45, 2.75) is 40.3 Å². The van der Waals surface area contributed by atoms with Crippen LogP contribution in [0, 0.1) is 0 Å². The molecule has 0 fully saturated rings. The summed E-state index contributed by atoms with van der Waals surface area (Å²) in [5.41, 5.74) is 1.78. The fourth-order valence-electron chi connectivity index (χ4n) is 2.17. The molecule has 0 aromatic heterocycles. The van der Waals surface area contributed by atoms with Gasteiger partial charge >= 0.3 is 0 Å². The molecule has 0 bridgehead atoms. The lowest BCUT2D eigenvalue weighted by Crippen LogP contribution is -2.33. The zero-order valence-electron chi connectivity index (χ0n) is 13.8. The summed E-state index contributed by atoms with van der Waals surface area (Å²) in [6.07, 6.45) is 0. The predicted octanol–water partition coefficient (Wildman–Crippen LogP) is 3.14. The second-order valence-corrected chi connectivity index (χ2v) is 5.37. The number of hydrogen-bond donors (Lipinski definition) is 0. The van der Waals surface area contributed by atoms with Crippen LogP contribution in [0.15, 0.2) is 18.2 Å². The Morgan fingerprint density at radius 2 is 2.05 bits per heavy atom. The second kappa shape index (κ2) is 8.80. The van der Waals surface area contributed by atoms with E-state index in [1.165, 1.54) is 0 Å². The minimum Gasteiger partial charge on any atom is -0.494 e. The first-order chi connectivity index (χ1) is 9.99. The average molecular weight is 293 g/mol. The summed E-state index contributed by atoms with van der Waals surface area (Å²) in [6.45, 7) is 10.8. The SMILES string of the molecule is CCOc1ccc(C(C)=O)cc1CN(CCOC)C(C)C. The van der Waals surface area contributed by atoms with Crippen LogP contribution < -0.4 is 4.74 Å². The van der Waals surface area contributed by atoms with Crippen molar-refractivity contribution in [3.05, 3.63) is 29.3 Å². The van der Waals surface area contributed by atoms with Gasteiger partial charge < -0.3 is 9.47 Å². The molecule has 1 rings (SSSR count). The van der Waals surface area contributed by atoms with Crippen molar-refractivity contribution in [3.8, 4) is 5.75 Å². The number of Topliss-reactive ketones (excluding diaryl/α,β-unsaturated/α-hetero) is 1. The summed E-state index contributed by atoms with van der Waals surface area (Å²) in [6, 6.07) is 6.06. The monoisotopic (exact) mass is 293 g/mol. The standard InChI is InChI=1S/C17H27NO3/c1-6-21-17-8-7-15(14(4)19)11-16(17)12-18(13(2)3)9-10-20-5/h7-8,11,13H,6,9-10,12H2,1-5H3. The maximum Gasteiger partial charge on any atom is 0.159 e. The van der Waals surface area contributed by atoms with Crippen molar-refractivity contribution < 1.29 is 14.3 Å². The maximum absolute atomic E-state index is 11.6. The summed E-state index contributed by atoms with van der Waals surface area (Å²) in [5, 5.41) is 0. The van der Waals surface area contributed by atoms with E-state index in [0.717, 1.165) is 30.0 Å². The van der Waals surface area contributed by atoms with Gasteiger partial charge in [0.05, 0.1) is 13.2 Å². The average Bonchev–Trinajstić information content (AvgIpc) is 2.44. The Kier molecular flexibility index (Phi) is 7.40. The first-order valence-electron chi connectivity index (χ1n) is 7.49. The van der Waals surface area contributed by atoms with E-state index in [2.05, 4.69) is 18.7 Å². The highest BCUT2D eigenvalue weighted by Crippen LogP contribution is 2.23. The van der Waals surface area contributed by atoms with Crippen LogP contribution in [-0.2, 0) is 11.3 Å². The Morgan fingerprint density at radius 3 is 2.57 bits per heavy atom. The summed E-state index contributed by atoms with van der Waals surface area (Å²) in [4.78, 5) is 13.9. The van der Waals surface area contributed by atoms with Crippen LogP contribution in [0.2, 0.25) is 0 Å². The Labute approximate surface area is 128 Å². The number of carbonyl (C=O) groups excluding carboxylic acids is 1. The molecule has 0 saturated heterocycles. The van der Waals surface area contributed by atoms with Crippen LogP contribution >= 0.6 is 0 Å². The van der Waals surface area contributed by atoms with Gasteiger partial charge in [0.15, 0.2) is 5.78 Å². The molecule has 0 spiro atoms. The normalized spacial score (nSPS) is 11.2. The van der Waals surface area contributed by atoms with E-state index in [1.807, 2.05) is 25.1 Å². The van der Waals surface area contributed by atoms with Crippen LogP contribution in [0.3, 0.4) is 0 Å². The van der Waals surface area contributed by atoms with Crippen molar-refractivity contribution in [2.75, 3.05) is 26.9 Å². The first kappa shape index (κ1) is 17.7. The van der Waals surface area contributed by atoms with Gasteiger partial charge in [0, 0.05) is 37.4 Å². The fraction of sp³-hybridized carbons (Fsp3) is 0.588. The molecule has 0 aliphatic carbocycles. The second-order valence-electron chi connectivity index (χ2n) is 5.37. The fourth-order valence-corrected chi connectivity index (χ4v) is 2.17. The first-order valence-corrected chi connectivity index (χ1v) is 7.49. The lowest BCUT2D eigenvalue weighted by atomic mass is 10.1. The highest BCUT2D eigenvalue weighted by molar-refractivity contribution is 5.94. The Balaban J connectivity index is 3.00. The zero-order valence-corrected chi connectivity index (χ0v) is 13.8. The lowest BCUT2D eigenvalue weighted by Gasteiger charge is -2.27. The molecule has 1 aromatic carbocycles. The molecule has 1 aromatic rings. The van der Waals surface area contributed by atoms with Gasteiger partial charge in [-0.15, -0.1) is 0 Å². The molecule has 21 heavy (non-hydrogen) atoms. The van der Waals surface area contributed by atoms with Gasteiger partial charge in [-0.1, -0.05) is 0 Å². The summed E-state index contributed by atoms with van der Waals surface area (Å²) < 4.78 is 10.9. The number of hydrogen-bond acceptors (Lipinski definition) is 4.